The third kappa shape index (κ3) is 3.19. The molecule has 0 saturated heterocycles. The predicted octanol–water partition coefficient (Wildman–Crippen LogP) is 2.80. The molecule has 0 heterocycles. The Labute approximate surface area is 161 Å². The maximum Gasteiger partial charge on any atom is 0.303 e. The monoisotopic (exact) mass is 376 g/mol. The van der Waals surface area contributed by atoms with Crippen LogP contribution in [0.1, 0.15) is 54.4 Å². The summed E-state index contributed by atoms with van der Waals surface area (Å²) in [6.45, 7) is 11.1. The standard InChI is InChI=1S/C22H32O5/c1-11-7-17-19(25)13(3)10-22(17,27-14(4)23)20(26)12(2)8-15-16(9-18(11)24)21(15,5)6/h7-8,13,15-19,24-25H,9-10H2,1-6H3/b11-7-,12-8-/t13-,15-,16-,17-,18+,19-,22+/m0/s1. The lowest BCUT2D eigenvalue weighted by Crippen LogP contribution is -2.48. The van der Waals surface area contributed by atoms with Gasteiger partial charge in [-0.05, 0) is 54.6 Å². The molecule has 0 spiro atoms. The Hall–Kier alpha value is -1.46. The zero-order chi connectivity index (χ0) is 20.3. The number of allylic oxidation sites excluding steroid dienone is 1. The summed E-state index contributed by atoms with van der Waals surface area (Å²) in [5.41, 5.74) is -0.0899. The van der Waals surface area contributed by atoms with Crippen LogP contribution >= 0.6 is 0 Å². The van der Waals surface area contributed by atoms with Gasteiger partial charge in [0.1, 0.15) is 0 Å². The smallest absolute Gasteiger partial charge is 0.303 e. The molecule has 27 heavy (non-hydrogen) atoms. The second-order valence-corrected chi connectivity index (χ2v) is 9.48. The highest BCUT2D eigenvalue weighted by molar-refractivity contribution is 6.03. The normalized spacial score (nSPS) is 47.5. The van der Waals surface area contributed by atoms with Gasteiger partial charge in [-0.2, -0.15) is 0 Å². The van der Waals surface area contributed by atoms with Crippen molar-refractivity contribution in [1.82, 2.24) is 0 Å². The van der Waals surface area contributed by atoms with Crippen molar-refractivity contribution in [1.29, 1.82) is 0 Å². The summed E-state index contributed by atoms with van der Waals surface area (Å²) in [4.78, 5) is 25.4. The van der Waals surface area contributed by atoms with Crippen LogP contribution in [0, 0.1) is 29.1 Å². The summed E-state index contributed by atoms with van der Waals surface area (Å²) in [6, 6.07) is 0. The molecular formula is C22H32O5. The first kappa shape index (κ1) is 20.3. The summed E-state index contributed by atoms with van der Waals surface area (Å²) in [5, 5.41) is 21.5. The minimum absolute atomic E-state index is 0.0263. The molecule has 0 bridgehead atoms. The van der Waals surface area contributed by atoms with Crippen LogP contribution in [0.15, 0.2) is 23.3 Å². The molecule has 3 rings (SSSR count). The maximum atomic E-state index is 13.5. The van der Waals surface area contributed by atoms with Crippen molar-refractivity contribution in [2.45, 2.75) is 72.2 Å². The molecule has 0 aromatic rings. The fourth-order valence-corrected chi connectivity index (χ4v) is 5.32. The molecule has 0 aromatic carbocycles. The lowest BCUT2D eigenvalue weighted by Gasteiger charge is -2.33. The number of rotatable bonds is 1. The second-order valence-electron chi connectivity index (χ2n) is 9.48. The van der Waals surface area contributed by atoms with Crippen LogP contribution in [-0.4, -0.2) is 39.8 Å². The Kier molecular flexibility index (Phi) is 4.92. The third-order valence-corrected chi connectivity index (χ3v) is 7.20. The number of ether oxygens (including phenoxy) is 1. The van der Waals surface area contributed by atoms with Gasteiger partial charge in [-0.25, -0.2) is 0 Å². The van der Waals surface area contributed by atoms with Gasteiger partial charge >= 0.3 is 5.97 Å². The Balaban J connectivity index is 2.15. The summed E-state index contributed by atoms with van der Waals surface area (Å²) >= 11 is 0. The molecule has 5 nitrogen and oxygen atoms in total. The number of hydrogen-bond donors (Lipinski definition) is 2. The van der Waals surface area contributed by atoms with Crippen LogP contribution < -0.4 is 0 Å². The number of fused-ring (bicyclic) bond motifs is 2. The minimum Gasteiger partial charge on any atom is -0.450 e. The molecule has 3 aliphatic carbocycles. The minimum atomic E-state index is -1.41. The van der Waals surface area contributed by atoms with E-state index in [1.165, 1.54) is 6.92 Å². The Morgan fingerprint density at radius 2 is 1.81 bits per heavy atom. The molecule has 2 fully saturated rings. The molecule has 2 N–H and O–H groups in total. The number of carbonyl (C=O) groups excluding carboxylic acids is 2. The quantitative estimate of drug-likeness (QED) is 0.543. The molecule has 0 aromatic heterocycles. The van der Waals surface area contributed by atoms with E-state index in [9.17, 15) is 19.8 Å². The zero-order valence-electron chi connectivity index (χ0n) is 17.2. The van der Waals surface area contributed by atoms with Crippen molar-refractivity contribution in [2.24, 2.45) is 29.1 Å². The average molecular weight is 376 g/mol. The van der Waals surface area contributed by atoms with Crippen LogP contribution in [0.2, 0.25) is 0 Å². The lowest BCUT2D eigenvalue weighted by atomic mass is 9.81. The Morgan fingerprint density at radius 3 is 2.41 bits per heavy atom. The van der Waals surface area contributed by atoms with Crippen LogP contribution in [0.5, 0.6) is 0 Å². The highest BCUT2D eigenvalue weighted by Gasteiger charge is 2.60. The molecule has 150 valence electrons. The molecule has 0 aliphatic heterocycles. The van der Waals surface area contributed by atoms with Gasteiger partial charge in [0.2, 0.25) is 5.78 Å². The number of aliphatic hydroxyl groups excluding tert-OH is 2. The number of hydrogen-bond acceptors (Lipinski definition) is 5. The number of esters is 1. The van der Waals surface area contributed by atoms with Crippen molar-refractivity contribution in [2.75, 3.05) is 0 Å². The number of aliphatic hydroxyl groups is 2. The third-order valence-electron chi connectivity index (χ3n) is 7.20. The summed E-state index contributed by atoms with van der Waals surface area (Å²) in [6.07, 6.45) is 3.20. The van der Waals surface area contributed by atoms with Gasteiger partial charge in [0.25, 0.3) is 0 Å². The fraction of sp³-hybridized carbons (Fsp3) is 0.727. The highest BCUT2D eigenvalue weighted by atomic mass is 16.6. The van der Waals surface area contributed by atoms with E-state index < -0.39 is 29.7 Å². The molecule has 5 heteroatoms. The van der Waals surface area contributed by atoms with Crippen LogP contribution in [0.4, 0.5) is 0 Å². The molecule has 3 aliphatic rings. The number of Topliss-reactive ketones (excluding diaryl/α,β-unsaturated/α-hetero) is 1. The van der Waals surface area contributed by atoms with Crippen molar-refractivity contribution >= 4 is 11.8 Å². The first-order valence-corrected chi connectivity index (χ1v) is 9.89. The molecule has 2 saturated carbocycles. The first-order chi connectivity index (χ1) is 12.4. The van der Waals surface area contributed by atoms with Crippen LogP contribution in [0.25, 0.3) is 0 Å². The van der Waals surface area contributed by atoms with Gasteiger partial charge in [0.05, 0.1) is 18.1 Å². The van der Waals surface area contributed by atoms with E-state index in [4.69, 9.17) is 4.74 Å². The van der Waals surface area contributed by atoms with E-state index in [-0.39, 0.29) is 29.5 Å². The Bertz CT molecular complexity index is 718. The number of carbonyl (C=O) groups is 2. The molecular weight excluding hydrogens is 344 g/mol. The van der Waals surface area contributed by atoms with Crippen LogP contribution in [0.3, 0.4) is 0 Å². The topological polar surface area (TPSA) is 83.8 Å². The molecule has 0 unspecified atom stereocenters. The second kappa shape index (κ2) is 6.56. The first-order valence-electron chi connectivity index (χ1n) is 9.89. The van der Waals surface area contributed by atoms with E-state index in [2.05, 4.69) is 13.8 Å². The van der Waals surface area contributed by atoms with Crippen molar-refractivity contribution in [3.05, 3.63) is 23.3 Å². The summed E-state index contributed by atoms with van der Waals surface area (Å²) in [7, 11) is 0. The highest BCUT2D eigenvalue weighted by Crippen LogP contribution is 2.62. The van der Waals surface area contributed by atoms with Gasteiger partial charge in [0.15, 0.2) is 5.60 Å². The SMILES string of the molecule is CC(=O)O[C@]12C[C@H](C)[C@H](O)[C@@H]1/C=C(/C)[C@H](O)C[C@H]1[C@H](/C=C(/C)C2=O)C1(C)C. The predicted molar refractivity (Wildman–Crippen MR) is 102 cm³/mol. The molecule has 0 amide bonds. The molecule has 0 radical (unpaired) electrons. The van der Waals surface area contributed by atoms with Gasteiger partial charge in [-0.15, -0.1) is 0 Å². The maximum absolute atomic E-state index is 13.5. The van der Waals surface area contributed by atoms with Gasteiger partial charge in [0, 0.05) is 13.3 Å². The van der Waals surface area contributed by atoms with Gasteiger partial charge < -0.3 is 14.9 Å². The van der Waals surface area contributed by atoms with E-state index in [0.29, 0.717) is 17.9 Å². The zero-order valence-corrected chi connectivity index (χ0v) is 17.2. The van der Waals surface area contributed by atoms with Gasteiger partial charge in [-0.3, -0.25) is 9.59 Å². The van der Waals surface area contributed by atoms with Crippen molar-refractivity contribution in [3.63, 3.8) is 0 Å². The van der Waals surface area contributed by atoms with E-state index >= 15 is 0 Å². The number of ketones is 1. The van der Waals surface area contributed by atoms with Crippen LogP contribution in [-0.2, 0) is 14.3 Å². The summed E-state index contributed by atoms with van der Waals surface area (Å²) in [5.74, 6) is -1.12. The van der Waals surface area contributed by atoms with E-state index in [1.54, 1.807) is 13.0 Å². The Morgan fingerprint density at radius 1 is 1.19 bits per heavy atom. The largest absolute Gasteiger partial charge is 0.450 e. The van der Waals surface area contributed by atoms with Crippen molar-refractivity contribution < 1.29 is 24.5 Å². The van der Waals surface area contributed by atoms with Crippen molar-refractivity contribution in [3.8, 4) is 0 Å². The van der Waals surface area contributed by atoms with E-state index in [0.717, 1.165) is 5.57 Å². The lowest BCUT2D eigenvalue weighted by molar-refractivity contribution is -0.168. The van der Waals surface area contributed by atoms with Gasteiger partial charge in [-0.1, -0.05) is 32.9 Å². The summed E-state index contributed by atoms with van der Waals surface area (Å²) < 4.78 is 5.67. The van der Waals surface area contributed by atoms with E-state index in [1.807, 2.05) is 19.9 Å². The average Bonchev–Trinajstić information content (AvgIpc) is 2.97. The molecule has 7 atom stereocenters. The fourth-order valence-electron chi connectivity index (χ4n) is 5.32.